The maximum atomic E-state index is 12.3. The Morgan fingerprint density at radius 2 is 1.88 bits per heavy atom. The van der Waals surface area contributed by atoms with Crippen LogP contribution in [0.4, 0.5) is 4.79 Å². The molecule has 1 saturated heterocycles. The summed E-state index contributed by atoms with van der Waals surface area (Å²) in [6.07, 6.45) is 3.74. The summed E-state index contributed by atoms with van der Waals surface area (Å²) in [6.45, 7) is 5.47. The van der Waals surface area contributed by atoms with Gasteiger partial charge in [0.25, 0.3) is 0 Å². The fourth-order valence-corrected chi connectivity index (χ4v) is 2.86. The molecule has 2 amide bonds. The molecule has 5 heteroatoms. The highest BCUT2D eigenvalue weighted by atomic mass is 16.6. The summed E-state index contributed by atoms with van der Waals surface area (Å²) in [5.74, 6) is -0.0645. The van der Waals surface area contributed by atoms with Gasteiger partial charge in [0.1, 0.15) is 0 Å². The number of rotatable bonds is 5. The predicted octanol–water partition coefficient (Wildman–Crippen LogP) is 3.22. The minimum absolute atomic E-state index is 0.0645. The largest absolute Gasteiger partial charge is 0.450 e. The first-order valence-corrected chi connectivity index (χ1v) is 8.62. The van der Waals surface area contributed by atoms with E-state index in [9.17, 15) is 9.59 Å². The molecule has 0 aliphatic carbocycles. The standard InChI is InChI=1S/C19H26N2O3/c1-3-15(16-8-6-5-7-9-16)14-18(22)20-17-10-12-21(13-11-17)19(23)24-4-2/h5-9,14,17H,3-4,10-13H2,1-2H3,(H,20,22)/b15-14+. The lowest BCUT2D eigenvalue weighted by molar-refractivity contribution is -0.117. The summed E-state index contributed by atoms with van der Waals surface area (Å²) in [6, 6.07) is 10.0. The van der Waals surface area contributed by atoms with Gasteiger partial charge >= 0.3 is 6.09 Å². The van der Waals surface area contributed by atoms with Gasteiger partial charge in [-0.2, -0.15) is 0 Å². The van der Waals surface area contributed by atoms with Crippen LogP contribution in [0.2, 0.25) is 0 Å². The monoisotopic (exact) mass is 330 g/mol. The first-order chi connectivity index (χ1) is 11.6. The Hall–Kier alpha value is -2.30. The van der Waals surface area contributed by atoms with E-state index in [1.807, 2.05) is 37.3 Å². The van der Waals surface area contributed by atoms with Crippen molar-refractivity contribution in [2.45, 2.75) is 39.2 Å². The number of nitrogens with one attached hydrogen (secondary N) is 1. The second-order valence-electron chi connectivity index (χ2n) is 5.86. The van der Waals surface area contributed by atoms with Crippen molar-refractivity contribution in [1.29, 1.82) is 0 Å². The van der Waals surface area contributed by atoms with E-state index in [0.29, 0.717) is 19.7 Å². The van der Waals surface area contributed by atoms with Crippen molar-refractivity contribution in [2.75, 3.05) is 19.7 Å². The van der Waals surface area contributed by atoms with Gasteiger partial charge in [-0.3, -0.25) is 4.79 Å². The van der Waals surface area contributed by atoms with Gasteiger partial charge in [-0.1, -0.05) is 37.3 Å². The van der Waals surface area contributed by atoms with Gasteiger partial charge in [-0.25, -0.2) is 4.79 Å². The van der Waals surface area contributed by atoms with Crippen LogP contribution in [0.5, 0.6) is 0 Å². The van der Waals surface area contributed by atoms with Gasteiger partial charge in [-0.15, -0.1) is 0 Å². The fourth-order valence-electron chi connectivity index (χ4n) is 2.86. The van der Waals surface area contributed by atoms with Crippen LogP contribution in [-0.4, -0.2) is 42.6 Å². The molecule has 1 aliphatic rings. The Labute approximate surface area is 143 Å². The van der Waals surface area contributed by atoms with E-state index >= 15 is 0 Å². The normalized spacial score (nSPS) is 15.9. The third-order valence-corrected chi connectivity index (χ3v) is 4.20. The van der Waals surface area contributed by atoms with E-state index in [0.717, 1.165) is 30.4 Å². The lowest BCUT2D eigenvalue weighted by Crippen LogP contribution is -2.46. The summed E-state index contributed by atoms with van der Waals surface area (Å²) in [5.41, 5.74) is 2.10. The van der Waals surface area contributed by atoms with Gasteiger partial charge in [-0.05, 0) is 37.3 Å². The molecule has 2 rings (SSSR count). The molecule has 0 bridgehead atoms. The smallest absolute Gasteiger partial charge is 0.409 e. The van der Waals surface area contributed by atoms with Crippen molar-refractivity contribution in [3.63, 3.8) is 0 Å². The third kappa shape index (κ3) is 5.11. The van der Waals surface area contributed by atoms with Crippen molar-refractivity contribution >= 4 is 17.6 Å². The number of ether oxygens (including phenoxy) is 1. The SMILES string of the molecule is CCOC(=O)N1CCC(NC(=O)/C=C(\CC)c2ccccc2)CC1. The molecule has 0 atom stereocenters. The van der Waals surface area contributed by atoms with Crippen LogP contribution in [0.15, 0.2) is 36.4 Å². The Morgan fingerprint density at radius 3 is 2.46 bits per heavy atom. The van der Waals surface area contributed by atoms with Crippen LogP contribution in [0.1, 0.15) is 38.7 Å². The molecule has 1 aliphatic heterocycles. The molecule has 130 valence electrons. The van der Waals surface area contributed by atoms with E-state index in [4.69, 9.17) is 4.74 Å². The van der Waals surface area contributed by atoms with E-state index in [2.05, 4.69) is 5.32 Å². The van der Waals surface area contributed by atoms with Gasteiger partial charge in [0, 0.05) is 25.2 Å². The van der Waals surface area contributed by atoms with Crippen LogP contribution in [-0.2, 0) is 9.53 Å². The molecule has 0 unspecified atom stereocenters. The molecule has 1 fully saturated rings. The molecular weight excluding hydrogens is 304 g/mol. The molecule has 0 radical (unpaired) electrons. The van der Waals surface area contributed by atoms with Crippen LogP contribution >= 0.6 is 0 Å². The second kappa shape index (κ2) is 9.11. The minimum atomic E-state index is -0.264. The van der Waals surface area contributed by atoms with Crippen molar-refractivity contribution in [2.24, 2.45) is 0 Å². The molecule has 1 aromatic carbocycles. The second-order valence-corrected chi connectivity index (χ2v) is 5.86. The number of carbonyl (C=O) groups excluding carboxylic acids is 2. The Balaban J connectivity index is 1.87. The maximum Gasteiger partial charge on any atom is 0.409 e. The zero-order valence-electron chi connectivity index (χ0n) is 14.5. The van der Waals surface area contributed by atoms with Gasteiger partial charge < -0.3 is 15.0 Å². The minimum Gasteiger partial charge on any atom is -0.450 e. The van der Waals surface area contributed by atoms with Crippen molar-refractivity contribution < 1.29 is 14.3 Å². The maximum absolute atomic E-state index is 12.3. The van der Waals surface area contributed by atoms with E-state index < -0.39 is 0 Å². The van der Waals surface area contributed by atoms with Gasteiger partial charge in [0.2, 0.25) is 5.91 Å². The summed E-state index contributed by atoms with van der Waals surface area (Å²) in [5, 5.41) is 3.05. The number of allylic oxidation sites excluding steroid dienone is 1. The molecule has 24 heavy (non-hydrogen) atoms. The Bertz CT molecular complexity index is 576. The van der Waals surface area contributed by atoms with Gasteiger partial charge in [0.05, 0.1) is 6.61 Å². The number of amides is 2. The zero-order valence-corrected chi connectivity index (χ0v) is 14.5. The van der Waals surface area contributed by atoms with Crippen LogP contribution in [0.3, 0.4) is 0 Å². The third-order valence-electron chi connectivity index (χ3n) is 4.20. The number of benzene rings is 1. The zero-order chi connectivity index (χ0) is 17.4. The number of nitrogens with zero attached hydrogens (tertiary/aromatic N) is 1. The molecule has 0 spiro atoms. The van der Waals surface area contributed by atoms with Crippen molar-refractivity contribution in [3.8, 4) is 0 Å². The summed E-state index contributed by atoms with van der Waals surface area (Å²) in [4.78, 5) is 25.7. The molecule has 0 aromatic heterocycles. The molecule has 0 saturated carbocycles. The summed E-state index contributed by atoms with van der Waals surface area (Å²) < 4.78 is 5.00. The number of carbonyl (C=O) groups is 2. The van der Waals surface area contributed by atoms with E-state index in [1.165, 1.54) is 0 Å². The lowest BCUT2D eigenvalue weighted by atomic mass is 10.0. The molecule has 1 N–H and O–H groups in total. The summed E-state index contributed by atoms with van der Waals surface area (Å²) in [7, 11) is 0. The van der Waals surface area contributed by atoms with E-state index in [1.54, 1.807) is 17.9 Å². The highest BCUT2D eigenvalue weighted by Gasteiger charge is 2.24. The van der Waals surface area contributed by atoms with Crippen molar-refractivity contribution in [3.05, 3.63) is 42.0 Å². The number of piperidine rings is 1. The average molecular weight is 330 g/mol. The topological polar surface area (TPSA) is 58.6 Å². The Morgan fingerprint density at radius 1 is 1.21 bits per heavy atom. The van der Waals surface area contributed by atoms with Crippen LogP contribution in [0, 0.1) is 0 Å². The lowest BCUT2D eigenvalue weighted by Gasteiger charge is -2.31. The van der Waals surface area contributed by atoms with E-state index in [-0.39, 0.29) is 18.0 Å². The van der Waals surface area contributed by atoms with Crippen LogP contribution < -0.4 is 5.32 Å². The molecule has 1 aromatic rings. The average Bonchev–Trinajstić information content (AvgIpc) is 2.61. The van der Waals surface area contributed by atoms with Crippen molar-refractivity contribution in [1.82, 2.24) is 10.2 Å². The highest BCUT2D eigenvalue weighted by Crippen LogP contribution is 2.17. The number of hydrogen-bond acceptors (Lipinski definition) is 3. The van der Waals surface area contributed by atoms with Crippen LogP contribution in [0.25, 0.3) is 5.57 Å². The first kappa shape index (κ1) is 18.0. The summed E-state index contributed by atoms with van der Waals surface area (Å²) >= 11 is 0. The molecule has 1 heterocycles. The predicted molar refractivity (Wildman–Crippen MR) is 94.5 cm³/mol. The number of likely N-dealkylation sites (tertiary alicyclic amines) is 1. The fraction of sp³-hybridized carbons (Fsp3) is 0.474. The first-order valence-electron chi connectivity index (χ1n) is 8.62. The van der Waals surface area contributed by atoms with Gasteiger partial charge in [0.15, 0.2) is 0 Å². The highest BCUT2D eigenvalue weighted by molar-refractivity contribution is 5.95. The quantitative estimate of drug-likeness (QED) is 0.843. The Kier molecular flexibility index (Phi) is 6.85. The molecule has 5 nitrogen and oxygen atoms in total. The number of hydrogen-bond donors (Lipinski definition) is 1. The molecular formula is C19H26N2O3.